The van der Waals surface area contributed by atoms with Crippen LogP contribution in [0.1, 0.15) is 0 Å². The molecule has 5 nitrogen and oxygen atoms in total. The molecule has 0 aliphatic heterocycles. The predicted molar refractivity (Wildman–Crippen MR) is 73.0 cm³/mol. The summed E-state index contributed by atoms with van der Waals surface area (Å²) in [5.74, 6) is -0.772. The van der Waals surface area contributed by atoms with E-state index in [1.165, 1.54) is 12.1 Å². The first-order valence-electron chi connectivity index (χ1n) is 6.10. The summed E-state index contributed by atoms with van der Waals surface area (Å²) in [6.45, 7) is 0.645. The Bertz CT molecular complexity index is 604. The van der Waals surface area contributed by atoms with E-state index < -0.39 is 5.82 Å². The average Bonchev–Trinajstić information content (AvgIpc) is 2.43. The molecule has 0 radical (unpaired) electrons. The number of hydrogen-bond donors (Lipinski definition) is 1. The zero-order valence-electron chi connectivity index (χ0n) is 11.1. The lowest BCUT2D eigenvalue weighted by molar-refractivity contribution is -0.121. The van der Waals surface area contributed by atoms with Crippen LogP contribution in [-0.4, -0.2) is 37.8 Å². The molecule has 0 fully saturated rings. The zero-order valence-corrected chi connectivity index (χ0v) is 11.1. The van der Waals surface area contributed by atoms with Crippen molar-refractivity contribution in [3.8, 4) is 0 Å². The fourth-order valence-corrected chi connectivity index (χ4v) is 1.77. The second-order valence-electron chi connectivity index (χ2n) is 4.14. The quantitative estimate of drug-likeness (QED) is 0.821. The molecule has 20 heavy (non-hydrogen) atoms. The first-order chi connectivity index (χ1) is 9.70. The van der Waals surface area contributed by atoms with Gasteiger partial charge in [0, 0.05) is 30.3 Å². The van der Waals surface area contributed by atoms with Gasteiger partial charge in [-0.05, 0) is 18.2 Å². The number of amides is 1. The molecule has 2 rings (SSSR count). The minimum absolute atomic E-state index is 0.105. The number of nitrogens with one attached hydrogen (secondary N) is 1. The predicted octanol–water partition coefficient (Wildman–Crippen LogP) is 1.98. The number of anilines is 1. The lowest BCUT2D eigenvalue weighted by Crippen LogP contribution is -2.19. The van der Waals surface area contributed by atoms with Gasteiger partial charge in [-0.2, -0.15) is 0 Å². The zero-order chi connectivity index (χ0) is 14.4. The van der Waals surface area contributed by atoms with Crippen LogP contribution in [0.5, 0.6) is 0 Å². The standard InChI is InChI=1S/C14H15FN2O3/c1-19-4-5-20-9-14(18)17-13-7-11(15)6-10-8-16-3-2-12(10)13/h2-3,6-8H,4-5,9H2,1H3,(H,17,18). The Labute approximate surface area is 115 Å². The molecule has 0 unspecified atom stereocenters. The van der Waals surface area contributed by atoms with Crippen molar-refractivity contribution in [2.75, 3.05) is 32.2 Å². The molecule has 1 aromatic carbocycles. The Kier molecular flexibility index (Phi) is 4.97. The van der Waals surface area contributed by atoms with Crippen molar-refractivity contribution in [1.82, 2.24) is 4.98 Å². The molecular formula is C14H15FN2O3. The third kappa shape index (κ3) is 3.72. The largest absolute Gasteiger partial charge is 0.382 e. The maximum absolute atomic E-state index is 13.5. The Morgan fingerprint density at radius 1 is 1.40 bits per heavy atom. The van der Waals surface area contributed by atoms with E-state index >= 15 is 0 Å². The molecule has 0 spiro atoms. The minimum atomic E-state index is -0.430. The molecular weight excluding hydrogens is 263 g/mol. The van der Waals surface area contributed by atoms with Crippen molar-refractivity contribution in [2.24, 2.45) is 0 Å². The number of fused-ring (bicyclic) bond motifs is 1. The molecule has 1 aromatic heterocycles. The molecule has 2 aromatic rings. The maximum atomic E-state index is 13.5. The highest BCUT2D eigenvalue weighted by molar-refractivity contribution is 6.02. The average molecular weight is 278 g/mol. The Morgan fingerprint density at radius 3 is 3.05 bits per heavy atom. The van der Waals surface area contributed by atoms with Crippen LogP contribution in [0, 0.1) is 5.82 Å². The van der Waals surface area contributed by atoms with Crippen LogP contribution in [0.2, 0.25) is 0 Å². The molecule has 0 aliphatic carbocycles. The molecule has 6 heteroatoms. The van der Waals surface area contributed by atoms with Crippen LogP contribution in [0.15, 0.2) is 30.6 Å². The molecule has 0 aliphatic rings. The Hall–Kier alpha value is -2.05. The van der Waals surface area contributed by atoms with Gasteiger partial charge in [0.2, 0.25) is 5.91 Å². The summed E-state index contributed by atoms with van der Waals surface area (Å²) in [5.41, 5.74) is 0.405. The van der Waals surface area contributed by atoms with Gasteiger partial charge in [0.25, 0.3) is 0 Å². The van der Waals surface area contributed by atoms with Crippen molar-refractivity contribution >= 4 is 22.4 Å². The molecule has 0 atom stereocenters. The summed E-state index contributed by atoms with van der Waals surface area (Å²) >= 11 is 0. The van der Waals surface area contributed by atoms with E-state index in [9.17, 15) is 9.18 Å². The third-order valence-corrected chi connectivity index (χ3v) is 2.66. The van der Waals surface area contributed by atoms with E-state index in [1.807, 2.05) is 0 Å². The van der Waals surface area contributed by atoms with Crippen LogP contribution in [0.3, 0.4) is 0 Å². The number of ether oxygens (including phenoxy) is 2. The van der Waals surface area contributed by atoms with Gasteiger partial charge in [-0.3, -0.25) is 9.78 Å². The van der Waals surface area contributed by atoms with E-state index in [0.717, 1.165) is 5.39 Å². The van der Waals surface area contributed by atoms with Crippen molar-refractivity contribution < 1.29 is 18.7 Å². The number of methoxy groups -OCH3 is 1. The summed E-state index contributed by atoms with van der Waals surface area (Å²) in [5, 5.41) is 3.99. The summed E-state index contributed by atoms with van der Waals surface area (Å²) in [6, 6.07) is 4.36. The van der Waals surface area contributed by atoms with Gasteiger partial charge in [-0.1, -0.05) is 0 Å². The Balaban J connectivity index is 2.07. The molecule has 1 amide bonds. The topological polar surface area (TPSA) is 60.5 Å². The highest BCUT2D eigenvalue weighted by atomic mass is 19.1. The van der Waals surface area contributed by atoms with Crippen LogP contribution in [0.25, 0.3) is 10.8 Å². The van der Waals surface area contributed by atoms with Crippen molar-refractivity contribution in [3.05, 3.63) is 36.4 Å². The number of benzene rings is 1. The number of pyridine rings is 1. The summed E-state index contributed by atoms with van der Waals surface area (Å²) in [4.78, 5) is 15.6. The van der Waals surface area contributed by atoms with Crippen LogP contribution >= 0.6 is 0 Å². The number of halogens is 1. The van der Waals surface area contributed by atoms with Gasteiger partial charge in [0.1, 0.15) is 12.4 Å². The second-order valence-corrected chi connectivity index (χ2v) is 4.14. The second kappa shape index (κ2) is 6.93. The number of rotatable bonds is 6. The maximum Gasteiger partial charge on any atom is 0.250 e. The van der Waals surface area contributed by atoms with Gasteiger partial charge in [-0.15, -0.1) is 0 Å². The lowest BCUT2D eigenvalue weighted by Gasteiger charge is -2.09. The lowest BCUT2D eigenvalue weighted by atomic mass is 10.1. The first kappa shape index (κ1) is 14.4. The monoisotopic (exact) mass is 278 g/mol. The van der Waals surface area contributed by atoms with Gasteiger partial charge < -0.3 is 14.8 Å². The number of nitrogens with zero attached hydrogens (tertiary/aromatic N) is 1. The molecule has 0 bridgehead atoms. The third-order valence-electron chi connectivity index (χ3n) is 2.66. The van der Waals surface area contributed by atoms with E-state index in [1.54, 1.807) is 25.6 Å². The van der Waals surface area contributed by atoms with Crippen molar-refractivity contribution in [3.63, 3.8) is 0 Å². The molecule has 0 saturated carbocycles. The van der Waals surface area contributed by atoms with Crippen LogP contribution in [0.4, 0.5) is 10.1 Å². The van der Waals surface area contributed by atoms with E-state index in [-0.39, 0.29) is 12.5 Å². The van der Waals surface area contributed by atoms with E-state index in [4.69, 9.17) is 9.47 Å². The minimum Gasteiger partial charge on any atom is -0.382 e. The SMILES string of the molecule is COCCOCC(=O)Nc1cc(F)cc2cnccc12. The van der Waals surface area contributed by atoms with Crippen LogP contribution < -0.4 is 5.32 Å². The normalized spacial score (nSPS) is 10.7. The fraction of sp³-hybridized carbons (Fsp3) is 0.286. The van der Waals surface area contributed by atoms with E-state index in [2.05, 4.69) is 10.3 Å². The summed E-state index contributed by atoms with van der Waals surface area (Å²) in [7, 11) is 1.55. The molecule has 0 saturated heterocycles. The number of carbonyl (C=O) groups is 1. The Morgan fingerprint density at radius 2 is 2.25 bits per heavy atom. The van der Waals surface area contributed by atoms with Gasteiger partial charge in [0.15, 0.2) is 0 Å². The number of aromatic nitrogens is 1. The van der Waals surface area contributed by atoms with Crippen LogP contribution in [-0.2, 0) is 14.3 Å². The first-order valence-corrected chi connectivity index (χ1v) is 6.10. The highest BCUT2D eigenvalue weighted by Gasteiger charge is 2.08. The smallest absolute Gasteiger partial charge is 0.250 e. The van der Waals surface area contributed by atoms with Gasteiger partial charge >= 0.3 is 0 Å². The molecule has 1 heterocycles. The van der Waals surface area contributed by atoms with Crippen molar-refractivity contribution in [2.45, 2.75) is 0 Å². The number of carbonyl (C=O) groups excluding carboxylic acids is 1. The van der Waals surface area contributed by atoms with Gasteiger partial charge in [0.05, 0.1) is 18.9 Å². The summed E-state index contributed by atoms with van der Waals surface area (Å²) in [6.07, 6.45) is 3.13. The van der Waals surface area contributed by atoms with E-state index in [0.29, 0.717) is 24.3 Å². The number of hydrogen-bond acceptors (Lipinski definition) is 4. The van der Waals surface area contributed by atoms with Crippen molar-refractivity contribution in [1.29, 1.82) is 0 Å². The molecule has 1 N–H and O–H groups in total. The fourth-order valence-electron chi connectivity index (χ4n) is 1.77. The summed E-state index contributed by atoms with van der Waals surface area (Å²) < 4.78 is 23.4. The van der Waals surface area contributed by atoms with Gasteiger partial charge in [-0.25, -0.2) is 4.39 Å². The highest BCUT2D eigenvalue weighted by Crippen LogP contribution is 2.24. The molecule has 106 valence electrons.